The molecule has 0 aliphatic rings. The molecule has 1 heterocycles. The first kappa shape index (κ1) is 12.4. The van der Waals surface area contributed by atoms with Gasteiger partial charge < -0.3 is 5.32 Å². The first-order chi connectivity index (χ1) is 8.16. The monoisotopic (exact) mass is 310 g/mol. The largest absolute Gasteiger partial charge is 0.378 e. The SMILES string of the molecule is Cc1cccc(NCc2ccc(Br)cn2)c1Cl. The second-order valence-electron chi connectivity index (χ2n) is 3.76. The van der Waals surface area contributed by atoms with E-state index >= 15 is 0 Å². The normalized spacial score (nSPS) is 10.3. The van der Waals surface area contributed by atoms with Crippen molar-refractivity contribution in [3.63, 3.8) is 0 Å². The number of halogens is 2. The van der Waals surface area contributed by atoms with Crippen LogP contribution in [0, 0.1) is 6.92 Å². The number of nitrogens with one attached hydrogen (secondary N) is 1. The van der Waals surface area contributed by atoms with Gasteiger partial charge in [-0.2, -0.15) is 0 Å². The van der Waals surface area contributed by atoms with E-state index in [1.54, 1.807) is 6.20 Å². The molecule has 0 saturated carbocycles. The van der Waals surface area contributed by atoms with Crippen molar-refractivity contribution < 1.29 is 0 Å². The lowest BCUT2D eigenvalue weighted by Crippen LogP contribution is -2.02. The Hall–Kier alpha value is -1.06. The van der Waals surface area contributed by atoms with Crippen LogP contribution in [-0.2, 0) is 6.54 Å². The first-order valence-electron chi connectivity index (χ1n) is 5.26. The van der Waals surface area contributed by atoms with E-state index in [2.05, 4.69) is 26.2 Å². The van der Waals surface area contributed by atoms with Gasteiger partial charge in [-0.25, -0.2) is 0 Å². The van der Waals surface area contributed by atoms with Crippen LogP contribution in [0.4, 0.5) is 5.69 Å². The van der Waals surface area contributed by atoms with Crippen molar-refractivity contribution >= 4 is 33.2 Å². The molecule has 2 aromatic rings. The minimum absolute atomic E-state index is 0.663. The summed E-state index contributed by atoms with van der Waals surface area (Å²) in [6.45, 7) is 2.65. The van der Waals surface area contributed by atoms with Gasteiger partial charge in [-0.1, -0.05) is 23.7 Å². The van der Waals surface area contributed by atoms with E-state index in [4.69, 9.17) is 11.6 Å². The number of hydrogen-bond donors (Lipinski definition) is 1. The van der Waals surface area contributed by atoms with Gasteiger partial charge in [-0.3, -0.25) is 4.98 Å². The summed E-state index contributed by atoms with van der Waals surface area (Å²) in [5, 5.41) is 4.05. The van der Waals surface area contributed by atoms with Crippen LogP contribution in [-0.4, -0.2) is 4.98 Å². The molecule has 0 bridgehead atoms. The maximum atomic E-state index is 6.19. The van der Waals surface area contributed by atoms with Gasteiger partial charge in [-0.05, 0) is 46.6 Å². The van der Waals surface area contributed by atoms with E-state index in [-0.39, 0.29) is 0 Å². The molecule has 1 N–H and O–H groups in total. The third kappa shape index (κ3) is 3.20. The summed E-state index contributed by atoms with van der Waals surface area (Å²) in [5.74, 6) is 0. The van der Waals surface area contributed by atoms with E-state index in [1.165, 1.54) is 0 Å². The molecule has 0 radical (unpaired) electrons. The van der Waals surface area contributed by atoms with Crippen molar-refractivity contribution in [3.05, 3.63) is 57.3 Å². The Labute approximate surface area is 114 Å². The van der Waals surface area contributed by atoms with Gasteiger partial charge in [0.25, 0.3) is 0 Å². The number of pyridine rings is 1. The zero-order chi connectivity index (χ0) is 12.3. The van der Waals surface area contributed by atoms with Crippen molar-refractivity contribution in [2.45, 2.75) is 13.5 Å². The van der Waals surface area contributed by atoms with Gasteiger partial charge >= 0.3 is 0 Å². The zero-order valence-electron chi connectivity index (χ0n) is 9.37. The molecule has 2 rings (SSSR count). The van der Waals surface area contributed by atoms with Crippen LogP contribution in [0.3, 0.4) is 0 Å². The van der Waals surface area contributed by atoms with Crippen LogP contribution in [0.2, 0.25) is 5.02 Å². The molecule has 0 aliphatic heterocycles. The molecule has 0 unspecified atom stereocenters. The summed E-state index contributed by atoms with van der Waals surface area (Å²) in [7, 11) is 0. The second-order valence-corrected chi connectivity index (χ2v) is 5.05. The van der Waals surface area contributed by atoms with Crippen LogP contribution in [0.1, 0.15) is 11.3 Å². The number of rotatable bonds is 3. The lowest BCUT2D eigenvalue weighted by atomic mass is 10.2. The smallest absolute Gasteiger partial charge is 0.0666 e. The molecular weight excluding hydrogens is 300 g/mol. The second kappa shape index (κ2) is 5.52. The standard InChI is InChI=1S/C13H12BrClN2/c1-9-3-2-4-12(13(9)15)17-8-11-6-5-10(14)7-16-11/h2-7,17H,8H2,1H3. The Morgan fingerprint density at radius 2 is 2.12 bits per heavy atom. The molecule has 17 heavy (non-hydrogen) atoms. The maximum absolute atomic E-state index is 6.19. The lowest BCUT2D eigenvalue weighted by molar-refractivity contribution is 1.04. The minimum atomic E-state index is 0.663. The predicted octanol–water partition coefficient (Wildman–Crippen LogP) is 4.42. The molecule has 2 nitrogen and oxygen atoms in total. The number of nitrogens with zero attached hydrogens (tertiary/aromatic N) is 1. The number of anilines is 1. The van der Waals surface area contributed by atoms with Crippen LogP contribution >= 0.6 is 27.5 Å². The highest BCUT2D eigenvalue weighted by Gasteiger charge is 2.02. The lowest BCUT2D eigenvalue weighted by Gasteiger charge is -2.09. The summed E-state index contributed by atoms with van der Waals surface area (Å²) in [6.07, 6.45) is 1.79. The first-order valence-corrected chi connectivity index (χ1v) is 6.43. The molecule has 0 amide bonds. The maximum Gasteiger partial charge on any atom is 0.0666 e. The quantitative estimate of drug-likeness (QED) is 0.907. The third-order valence-corrected chi connectivity index (χ3v) is 3.41. The molecule has 4 heteroatoms. The van der Waals surface area contributed by atoms with E-state index in [9.17, 15) is 0 Å². The molecule has 1 aromatic carbocycles. The average Bonchev–Trinajstić information content (AvgIpc) is 2.33. The Kier molecular flexibility index (Phi) is 4.02. The van der Waals surface area contributed by atoms with Crippen molar-refractivity contribution in [3.8, 4) is 0 Å². The van der Waals surface area contributed by atoms with Gasteiger partial charge in [0.15, 0.2) is 0 Å². The van der Waals surface area contributed by atoms with E-state index in [0.717, 1.165) is 26.4 Å². The molecule has 0 spiro atoms. The van der Waals surface area contributed by atoms with Crippen LogP contribution in [0.25, 0.3) is 0 Å². The summed E-state index contributed by atoms with van der Waals surface area (Å²) in [5.41, 5.74) is 2.99. The van der Waals surface area contributed by atoms with Gasteiger partial charge in [0.05, 0.1) is 22.9 Å². The fourth-order valence-electron chi connectivity index (χ4n) is 1.48. The third-order valence-electron chi connectivity index (χ3n) is 2.44. The molecule has 0 atom stereocenters. The van der Waals surface area contributed by atoms with Crippen molar-refractivity contribution in [2.24, 2.45) is 0 Å². The Balaban J connectivity index is 2.07. The molecule has 0 saturated heterocycles. The van der Waals surface area contributed by atoms with Gasteiger partial charge in [0.2, 0.25) is 0 Å². The predicted molar refractivity (Wildman–Crippen MR) is 75.5 cm³/mol. The molecule has 88 valence electrons. The molecule has 1 aromatic heterocycles. The van der Waals surface area contributed by atoms with E-state index in [0.29, 0.717) is 6.54 Å². The van der Waals surface area contributed by atoms with Gasteiger partial charge in [0.1, 0.15) is 0 Å². The fraction of sp³-hybridized carbons (Fsp3) is 0.154. The number of benzene rings is 1. The Morgan fingerprint density at radius 1 is 1.29 bits per heavy atom. The summed E-state index contributed by atoms with van der Waals surface area (Å²) in [6, 6.07) is 9.89. The highest BCUT2D eigenvalue weighted by Crippen LogP contribution is 2.25. The molecular formula is C13H12BrClN2. The Bertz CT molecular complexity index is 511. The minimum Gasteiger partial charge on any atom is -0.378 e. The highest BCUT2D eigenvalue weighted by molar-refractivity contribution is 9.10. The van der Waals surface area contributed by atoms with Crippen molar-refractivity contribution in [1.82, 2.24) is 4.98 Å². The number of aromatic nitrogens is 1. The number of aryl methyl sites for hydroxylation is 1. The highest BCUT2D eigenvalue weighted by atomic mass is 79.9. The van der Waals surface area contributed by atoms with E-state index in [1.807, 2.05) is 37.3 Å². The Morgan fingerprint density at radius 3 is 2.82 bits per heavy atom. The van der Waals surface area contributed by atoms with Crippen LogP contribution < -0.4 is 5.32 Å². The van der Waals surface area contributed by atoms with E-state index < -0.39 is 0 Å². The van der Waals surface area contributed by atoms with Crippen molar-refractivity contribution in [2.75, 3.05) is 5.32 Å². The van der Waals surface area contributed by atoms with Crippen LogP contribution in [0.5, 0.6) is 0 Å². The summed E-state index contributed by atoms with van der Waals surface area (Å²) in [4.78, 5) is 4.29. The molecule has 0 aliphatic carbocycles. The summed E-state index contributed by atoms with van der Waals surface area (Å²) < 4.78 is 0.981. The van der Waals surface area contributed by atoms with Crippen molar-refractivity contribution in [1.29, 1.82) is 0 Å². The van der Waals surface area contributed by atoms with Crippen LogP contribution in [0.15, 0.2) is 41.0 Å². The fourth-order valence-corrected chi connectivity index (χ4v) is 1.91. The topological polar surface area (TPSA) is 24.9 Å². The molecule has 0 fully saturated rings. The average molecular weight is 312 g/mol. The zero-order valence-corrected chi connectivity index (χ0v) is 11.7. The van der Waals surface area contributed by atoms with Gasteiger partial charge in [-0.15, -0.1) is 0 Å². The van der Waals surface area contributed by atoms with Gasteiger partial charge in [0, 0.05) is 10.7 Å². The number of hydrogen-bond acceptors (Lipinski definition) is 2. The summed E-state index contributed by atoms with van der Waals surface area (Å²) >= 11 is 9.55.